The summed E-state index contributed by atoms with van der Waals surface area (Å²) in [4.78, 5) is 74.0. The number of carbonyl (C=O) groups excluding carboxylic acids is 5. The quantitative estimate of drug-likeness (QED) is 0.216. The largest absolute Gasteiger partial charge is 0.472 e. The van der Waals surface area contributed by atoms with E-state index in [0.717, 1.165) is 29.2 Å². The van der Waals surface area contributed by atoms with Crippen LogP contribution in [-0.4, -0.2) is 89.0 Å². The van der Waals surface area contributed by atoms with Crippen molar-refractivity contribution in [2.75, 3.05) is 6.54 Å². The summed E-state index contributed by atoms with van der Waals surface area (Å²) in [6.45, 7) is 10.4. The SMILES string of the molecule is CCC1C[C@]1(NC(=O)[C@@H]1C[C@@H](Oc2nccc3cc(C4CC4)ccc23)CN1C(=O)[C@H](CCC(=O)C=C(C)C)NC(=O)OC(C)(C)C)C(=O)NS(=O)(=O)C1CC1. The van der Waals surface area contributed by atoms with E-state index in [1.807, 2.05) is 19.1 Å². The molecular formula is C40H53N5O9S. The Morgan fingerprint density at radius 2 is 1.80 bits per heavy atom. The molecule has 4 amide bonds. The molecule has 3 N–H and O–H groups in total. The lowest BCUT2D eigenvalue weighted by molar-refractivity contribution is -0.141. The smallest absolute Gasteiger partial charge is 0.408 e. The van der Waals surface area contributed by atoms with Crippen molar-refractivity contribution in [3.05, 3.63) is 47.7 Å². The van der Waals surface area contributed by atoms with Gasteiger partial charge in [-0.05, 0) is 114 Å². The molecular weight excluding hydrogens is 727 g/mol. The minimum absolute atomic E-state index is 0.0144. The Kier molecular flexibility index (Phi) is 11.3. The Hall–Kier alpha value is -4.53. The van der Waals surface area contributed by atoms with Gasteiger partial charge in [-0.3, -0.25) is 23.9 Å². The molecule has 2 aromatic rings. The van der Waals surface area contributed by atoms with E-state index in [0.29, 0.717) is 31.1 Å². The van der Waals surface area contributed by atoms with Crippen molar-refractivity contribution >= 4 is 50.4 Å². The topological polar surface area (TPSA) is 190 Å². The Morgan fingerprint density at radius 1 is 1.07 bits per heavy atom. The van der Waals surface area contributed by atoms with Gasteiger partial charge >= 0.3 is 6.09 Å². The average molecular weight is 780 g/mol. The van der Waals surface area contributed by atoms with E-state index < -0.39 is 68.4 Å². The highest BCUT2D eigenvalue weighted by molar-refractivity contribution is 7.91. The number of ether oxygens (including phenoxy) is 2. The van der Waals surface area contributed by atoms with Crippen molar-refractivity contribution in [1.29, 1.82) is 0 Å². The van der Waals surface area contributed by atoms with Gasteiger partial charge in [-0.1, -0.05) is 31.1 Å². The summed E-state index contributed by atoms with van der Waals surface area (Å²) >= 11 is 0. The van der Waals surface area contributed by atoms with Gasteiger partial charge in [-0.2, -0.15) is 0 Å². The predicted molar refractivity (Wildman–Crippen MR) is 204 cm³/mol. The molecule has 298 valence electrons. The Labute approximate surface area is 322 Å². The van der Waals surface area contributed by atoms with Gasteiger partial charge in [-0.25, -0.2) is 18.2 Å². The van der Waals surface area contributed by atoms with Crippen LogP contribution in [0.15, 0.2) is 42.1 Å². The average Bonchev–Trinajstić information content (AvgIpc) is 3.98. The Balaban J connectivity index is 1.28. The van der Waals surface area contributed by atoms with Crippen LogP contribution in [0.1, 0.15) is 111 Å². The fourth-order valence-corrected chi connectivity index (χ4v) is 8.71. The number of nitrogens with one attached hydrogen (secondary N) is 3. The number of ketones is 1. The molecule has 5 atom stereocenters. The molecule has 0 radical (unpaired) electrons. The number of sulfonamides is 1. The molecule has 1 aromatic carbocycles. The Bertz CT molecular complexity index is 2000. The third-order valence-corrected chi connectivity index (χ3v) is 12.4. The first-order chi connectivity index (χ1) is 25.9. The number of benzene rings is 1. The molecule has 0 spiro atoms. The van der Waals surface area contributed by atoms with Gasteiger partial charge in [0.2, 0.25) is 27.7 Å². The second-order valence-electron chi connectivity index (χ2n) is 16.7. The van der Waals surface area contributed by atoms with Crippen LogP contribution in [0.5, 0.6) is 5.88 Å². The normalized spacial score (nSPS) is 24.0. The number of allylic oxidation sites excluding steroid dienone is 2. The van der Waals surface area contributed by atoms with Gasteiger partial charge in [0.05, 0.1) is 11.8 Å². The van der Waals surface area contributed by atoms with Crippen LogP contribution in [0, 0.1) is 5.92 Å². The van der Waals surface area contributed by atoms with Gasteiger partial charge in [0.25, 0.3) is 5.91 Å². The highest BCUT2D eigenvalue weighted by Gasteiger charge is 2.62. The van der Waals surface area contributed by atoms with Crippen molar-refractivity contribution in [3.8, 4) is 5.88 Å². The van der Waals surface area contributed by atoms with E-state index >= 15 is 0 Å². The third-order valence-electron chi connectivity index (χ3n) is 10.6. The predicted octanol–water partition coefficient (Wildman–Crippen LogP) is 4.56. The number of alkyl carbamates (subject to hydrolysis) is 1. The van der Waals surface area contributed by atoms with Crippen LogP contribution in [0.25, 0.3) is 10.8 Å². The Morgan fingerprint density at radius 3 is 2.42 bits per heavy atom. The molecule has 4 fully saturated rings. The number of hydrogen-bond acceptors (Lipinski definition) is 10. The number of aromatic nitrogens is 1. The zero-order valence-corrected chi connectivity index (χ0v) is 33.3. The van der Waals surface area contributed by atoms with Crippen LogP contribution < -0.4 is 20.1 Å². The number of rotatable bonds is 15. The number of fused-ring (bicyclic) bond motifs is 1. The number of likely N-dealkylation sites (tertiary alicyclic amines) is 1. The lowest BCUT2D eigenvalue weighted by atomic mass is 10.0. The molecule has 6 rings (SSSR count). The molecule has 1 aromatic heterocycles. The number of carbonyl (C=O) groups is 5. The second kappa shape index (κ2) is 15.5. The van der Waals surface area contributed by atoms with Crippen molar-refractivity contribution < 1.29 is 41.9 Å². The molecule has 1 unspecified atom stereocenters. The first kappa shape index (κ1) is 40.1. The summed E-state index contributed by atoms with van der Waals surface area (Å²) in [5.74, 6) is -1.76. The molecule has 55 heavy (non-hydrogen) atoms. The summed E-state index contributed by atoms with van der Waals surface area (Å²) in [5.41, 5.74) is -0.317. The zero-order chi connectivity index (χ0) is 39.9. The first-order valence-corrected chi connectivity index (χ1v) is 20.8. The van der Waals surface area contributed by atoms with E-state index in [1.54, 1.807) is 40.8 Å². The molecule has 0 bridgehead atoms. The van der Waals surface area contributed by atoms with Gasteiger partial charge in [-0.15, -0.1) is 0 Å². The molecule has 4 aliphatic rings. The van der Waals surface area contributed by atoms with Gasteiger partial charge in [0.1, 0.15) is 29.3 Å². The summed E-state index contributed by atoms with van der Waals surface area (Å²) in [6, 6.07) is 5.64. The van der Waals surface area contributed by atoms with E-state index in [9.17, 15) is 32.4 Å². The fourth-order valence-electron chi connectivity index (χ4n) is 7.35. The molecule has 3 saturated carbocycles. The molecule has 14 nitrogen and oxygen atoms in total. The number of nitrogens with zero attached hydrogens (tertiary/aromatic N) is 2. The van der Waals surface area contributed by atoms with E-state index in [1.165, 1.54) is 16.5 Å². The minimum Gasteiger partial charge on any atom is -0.472 e. The molecule has 15 heteroatoms. The first-order valence-electron chi connectivity index (χ1n) is 19.3. The van der Waals surface area contributed by atoms with Gasteiger partial charge in [0.15, 0.2) is 5.78 Å². The molecule has 1 aliphatic heterocycles. The standard InChI is InChI=1S/C40H53N5O9S/c1-7-27-21-40(27,37(49)44-55(51,52)30-12-13-30)43-34(47)33-20-29(53-35-31-14-10-25(24-8-9-24)19-26(31)16-17-41-35)22-45(33)36(48)32(15-11-28(46)18-23(2)3)42-38(50)54-39(4,5)6/h10,14,16-19,24,27,29-30,32-33H,7-9,11-13,15,20-22H2,1-6H3,(H,42,50)(H,43,47)(H,44,49)/t27?,29-,32+,33+,40-/m1/s1. The number of pyridine rings is 1. The van der Waals surface area contributed by atoms with Crippen LogP contribution >= 0.6 is 0 Å². The fraction of sp³-hybridized carbons (Fsp3) is 0.600. The van der Waals surface area contributed by atoms with E-state index in [4.69, 9.17) is 9.47 Å². The highest BCUT2D eigenvalue weighted by Crippen LogP contribution is 2.47. The lowest BCUT2D eigenvalue weighted by Crippen LogP contribution is -2.58. The lowest BCUT2D eigenvalue weighted by Gasteiger charge is -2.30. The highest BCUT2D eigenvalue weighted by atomic mass is 32.2. The van der Waals surface area contributed by atoms with Crippen LogP contribution in [-0.2, 0) is 33.9 Å². The van der Waals surface area contributed by atoms with Gasteiger partial charge in [0, 0.05) is 24.4 Å². The summed E-state index contributed by atoms with van der Waals surface area (Å²) in [6.07, 6.45) is 5.37. The van der Waals surface area contributed by atoms with Crippen LogP contribution in [0.4, 0.5) is 4.79 Å². The molecule has 2 heterocycles. The maximum absolute atomic E-state index is 14.5. The number of hydrogen-bond donors (Lipinski definition) is 3. The molecule has 3 aliphatic carbocycles. The van der Waals surface area contributed by atoms with Crippen LogP contribution in [0.2, 0.25) is 0 Å². The minimum atomic E-state index is -3.89. The summed E-state index contributed by atoms with van der Waals surface area (Å²) < 4.78 is 39.6. The summed E-state index contributed by atoms with van der Waals surface area (Å²) in [7, 11) is -3.89. The van der Waals surface area contributed by atoms with E-state index in [2.05, 4.69) is 32.5 Å². The maximum atomic E-state index is 14.5. The van der Waals surface area contributed by atoms with E-state index in [-0.39, 0.29) is 43.9 Å². The third kappa shape index (κ3) is 9.65. The van der Waals surface area contributed by atoms with Gasteiger partial charge < -0.3 is 25.0 Å². The second-order valence-corrected chi connectivity index (χ2v) is 18.7. The zero-order valence-electron chi connectivity index (χ0n) is 32.5. The monoisotopic (exact) mass is 779 g/mol. The van der Waals surface area contributed by atoms with Crippen molar-refractivity contribution in [3.63, 3.8) is 0 Å². The summed E-state index contributed by atoms with van der Waals surface area (Å²) in [5, 5.41) is 6.55. The van der Waals surface area contributed by atoms with Crippen LogP contribution in [0.3, 0.4) is 0 Å². The molecule has 1 saturated heterocycles. The van der Waals surface area contributed by atoms with Crippen molar-refractivity contribution in [1.82, 2.24) is 25.2 Å². The van der Waals surface area contributed by atoms with Crippen molar-refractivity contribution in [2.45, 2.75) is 140 Å². The number of amides is 4. The van der Waals surface area contributed by atoms with Crippen molar-refractivity contribution in [2.24, 2.45) is 5.92 Å². The maximum Gasteiger partial charge on any atom is 0.408 e.